The summed E-state index contributed by atoms with van der Waals surface area (Å²) in [5, 5.41) is 15.7. The molecule has 19 heavy (non-hydrogen) atoms. The lowest BCUT2D eigenvalue weighted by Crippen LogP contribution is -1.91. The van der Waals surface area contributed by atoms with E-state index in [2.05, 4.69) is 19.9 Å². The van der Waals surface area contributed by atoms with Crippen LogP contribution in [0.25, 0.3) is 0 Å². The van der Waals surface area contributed by atoms with Crippen molar-refractivity contribution in [3.63, 3.8) is 0 Å². The molecule has 4 heteroatoms. The molecule has 0 fully saturated rings. The third-order valence-electron chi connectivity index (χ3n) is 1.56. The van der Waals surface area contributed by atoms with Gasteiger partial charge in [0.1, 0.15) is 0 Å². The van der Waals surface area contributed by atoms with Gasteiger partial charge in [0.15, 0.2) is 0 Å². The third kappa shape index (κ3) is 62.0. The summed E-state index contributed by atoms with van der Waals surface area (Å²) >= 11 is 0. The second-order valence-electron chi connectivity index (χ2n) is 3.61. The van der Waals surface area contributed by atoms with Crippen molar-refractivity contribution in [3.05, 3.63) is 24.3 Å². The summed E-state index contributed by atoms with van der Waals surface area (Å²) < 4.78 is 0. The van der Waals surface area contributed by atoms with E-state index < -0.39 is 11.9 Å². The van der Waals surface area contributed by atoms with Gasteiger partial charge in [-0.15, -0.1) is 0 Å². The van der Waals surface area contributed by atoms with Crippen molar-refractivity contribution in [2.75, 3.05) is 0 Å². The van der Waals surface area contributed by atoms with Crippen molar-refractivity contribution < 1.29 is 19.8 Å². The monoisotopic (exact) mass is 271 g/mol. The molecule has 0 aromatic rings. The number of unbranched alkanes of at least 4 members (excludes halogenated alkanes) is 1. The second kappa shape index (κ2) is 21.7. The average molecular weight is 271 g/mol. The van der Waals surface area contributed by atoms with Crippen LogP contribution in [0, 0.1) is 6.08 Å². The van der Waals surface area contributed by atoms with Crippen molar-refractivity contribution >= 4 is 11.9 Å². The largest absolute Gasteiger partial charge is 0.481 e. The van der Waals surface area contributed by atoms with Crippen LogP contribution in [0.15, 0.2) is 18.2 Å². The quantitative estimate of drug-likeness (QED) is 0.714. The topological polar surface area (TPSA) is 74.6 Å². The Morgan fingerprint density at radius 1 is 1.11 bits per heavy atom. The summed E-state index contributed by atoms with van der Waals surface area (Å²) in [6, 6.07) is 0. The number of carboxylic acids is 2. The van der Waals surface area contributed by atoms with Crippen LogP contribution in [-0.2, 0) is 9.59 Å². The molecule has 0 aromatic heterocycles. The molecule has 2 N–H and O–H groups in total. The number of hydrogen-bond acceptors (Lipinski definition) is 2. The van der Waals surface area contributed by atoms with E-state index in [0.29, 0.717) is 6.42 Å². The first-order valence-electron chi connectivity index (χ1n) is 6.47. The van der Waals surface area contributed by atoms with Crippen molar-refractivity contribution in [2.24, 2.45) is 0 Å². The highest BCUT2D eigenvalue weighted by Crippen LogP contribution is 1.94. The molecule has 0 rings (SSSR count). The summed E-state index contributed by atoms with van der Waals surface area (Å²) in [5.41, 5.74) is 0. The van der Waals surface area contributed by atoms with Gasteiger partial charge in [-0.25, -0.2) is 0 Å². The number of carbonyl (C=O) groups is 2. The van der Waals surface area contributed by atoms with Crippen LogP contribution in [-0.4, -0.2) is 22.2 Å². The standard InChI is InChI=1S/C8H14O2.C5H9.C2H4O2/c1-2-3-4-5-6-7-8(9)10;1-3-5-4-2;1-2(3)4/h4-5H,2-3,6-7H2,1H3,(H,9,10);5H,3H2,1-2H3;1H3,(H,3,4)/b5-4+;;. The van der Waals surface area contributed by atoms with Gasteiger partial charge in [-0.1, -0.05) is 44.6 Å². The zero-order valence-corrected chi connectivity index (χ0v) is 12.5. The smallest absolute Gasteiger partial charge is 0.303 e. The first kappa shape index (κ1) is 22.6. The molecule has 0 saturated heterocycles. The van der Waals surface area contributed by atoms with Gasteiger partial charge < -0.3 is 10.2 Å². The lowest BCUT2D eigenvalue weighted by Gasteiger charge is -1.86. The predicted molar refractivity (Wildman–Crippen MR) is 78.0 cm³/mol. The van der Waals surface area contributed by atoms with Gasteiger partial charge in [-0.3, -0.25) is 9.59 Å². The highest BCUT2D eigenvalue weighted by Gasteiger charge is 1.90. The highest BCUT2D eigenvalue weighted by atomic mass is 16.4. The fourth-order valence-electron chi connectivity index (χ4n) is 0.813. The maximum atomic E-state index is 10.00. The number of allylic oxidation sites excluding steroid dienone is 4. The van der Waals surface area contributed by atoms with E-state index >= 15 is 0 Å². The molecule has 0 aliphatic heterocycles. The molecule has 0 atom stereocenters. The van der Waals surface area contributed by atoms with Crippen molar-refractivity contribution in [2.45, 2.75) is 59.8 Å². The zero-order valence-electron chi connectivity index (χ0n) is 12.5. The Balaban J connectivity index is -0.000000238. The number of rotatable bonds is 6. The van der Waals surface area contributed by atoms with Crippen molar-refractivity contribution in [1.82, 2.24) is 0 Å². The van der Waals surface area contributed by atoms with Gasteiger partial charge in [-0.2, -0.15) is 0 Å². The molecule has 0 aliphatic rings. The molecule has 0 amide bonds. The normalized spacial score (nSPS) is 9.47. The molecule has 0 spiro atoms. The van der Waals surface area contributed by atoms with E-state index in [1.54, 1.807) is 0 Å². The van der Waals surface area contributed by atoms with Gasteiger partial charge in [0.25, 0.3) is 5.97 Å². The van der Waals surface area contributed by atoms with Crippen molar-refractivity contribution in [3.8, 4) is 0 Å². The maximum absolute atomic E-state index is 10.00. The summed E-state index contributed by atoms with van der Waals surface area (Å²) in [6.45, 7) is 7.18. The molecular weight excluding hydrogens is 244 g/mol. The molecule has 111 valence electrons. The Hall–Kier alpha value is -1.58. The van der Waals surface area contributed by atoms with Gasteiger partial charge in [0, 0.05) is 13.3 Å². The number of aliphatic carboxylic acids is 2. The molecule has 0 aromatic carbocycles. The van der Waals surface area contributed by atoms with Gasteiger partial charge in [0.2, 0.25) is 0 Å². The van der Waals surface area contributed by atoms with E-state index in [4.69, 9.17) is 15.0 Å². The van der Waals surface area contributed by atoms with E-state index in [-0.39, 0.29) is 6.42 Å². The predicted octanol–water partition coefficient (Wildman–Crippen LogP) is 4.07. The molecular formula is C15H27O4. The molecule has 0 bridgehead atoms. The Morgan fingerprint density at radius 2 is 1.58 bits per heavy atom. The summed E-state index contributed by atoms with van der Waals surface area (Å²) in [5.74, 6) is -1.55. The Morgan fingerprint density at radius 3 is 1.84 bits per heavy atom. The number of carboxylic acid groups (broad SMARTS) is 2. The van der Waals surface area contributed by atoms with Gasteiger partial charge >= 0.3 is 5.97 Å². The minimum absolute atomic E-state index is 0.250. The zero-order chi connectivity index (χ0) is 15.5. The lowest BCUT2D eigenvalue weighted by molar-refractivity contribution is -0.137. The second-order valence-corrected chi connectivity index (χ2v) is 3.61. The van der Waals surface area contributed by atoms with Crippen LogP contribution in [0.3, 0.4) is 0 Å². The lowest BCUT2D eigenvalue weighted by atomic mass is 10.2. The maximum Gasteiger partial charge on any atom is 0.303 e. The van der Waals surface area contributed by atoms with Crippen LogP contribution in [0.1, 0.15) is 59.8 Å². The van der Waals surface area contributed by atoms with Gasteiger partial charge in [-0.05, 0) is 26.2 Å². The highest BCUT2D eigenvalue weighted by molar-refractivity contribution is 5.66. The van der Waals surface area contributed by atoms with Crippen LogP contribution in [0.2, 0.25) is 0 Å². The minimum Gasteiger partial charge on any atom is -0.481 e. The first-order valence-corrected chi connectivity index (χ1v) is 6.47. The van der Waals surface area contributed by atoms with E-state index in [9.17, 15) is 4.79 Å². The fourth-order valence-corrected chi connectivity index (χ4v) is 0.813. The Kier molecular flexibility index (Phi) is 25.8. The number of hydrogen-bond donors (Lipinski definition) is 2. The Bertz CT molecular complexity index is 251. The molecule has 1 radical (unpaired) electrons. The van der Waals surface area contributed by atoms with Crippen LogP contribution in [0.4, 0.5) is 0 Å². The van der Waals surface area contributed by atoms with E-state index in [1.807, 2.05) is 25.2 Å². The molecule has 0 aliphatic carbocycles. The third-order valence-corrected chi connectivity index (χ3v) is 1.56. The molecule has 0 unspecified atom stereocenters. The summed E-state index contributed by atoms with van der Waals surface area (Å²) in [7, 11) is 0. The Labute approximate surface area is 116 Å². The van der Waals surface area contributed by atoms with Crippen LogP contribution >= 0.6 is 0 Å². The fraction of sp³-hybridized carbons (Fsp3) is 0.600. The van der Waals surface area contributed by atoms with E-state index in [1.165, 1.54) is 0 Å². The SMILES string of the molecule is C/[C]=C/CC.CC(=O)O.CCC/C=C/CCC(=O)O. The van der Waals surface area contributed by atoms with Crippen LogP contribution in [0.5, 0.6) is 0 Å². The van der Waals surface area contributed by atoms with Crippen molar-refractivity contribution in [1.29, 1.82) is 0 Å². The molecule has 0 saturated carbocycles. The van der Waals surface area contributed by atoms with Gasteiger partial charge in [0.05, 0.1) is 0 Å². The molecule has 0 heterocycles. The first-order chi connectivity index (χ1) is 8.92. The van der Waals surface area contributed by atoms with Crippen LogP contribution < -0.4 is 0 Å². The summed E-state index contributed by atoms with van der Waals surface area (Å²) in [4.78, 5) is 19.0. The van der Waals surface area contributed by atoms with E-state index in [0.717, 1.165) is 26.2 Å². The summed E-state index contributed by atoms with van der Waals surface area (Å²) in [6.07, 6.45) is 13.1. The average Bonchev–Trinajstić information content (AvgIpc) is 2.29. The minimum atomic E-state index is -0.833. The molecule has 4 nitrogen and oxygen atoms in total.